The monoisotopic (exact) mass is 416 g/mol. The molecule has 4 aromatic rings. The number of hydrogen-bond acceptors (Lipinski definition) is 4. The van der Waals surface area contributed by atoms with Crippen LogP contribution in [0.1, 0.15) is 33.4 Å². The Morgan fingerprint density at radius 1 is 1.00 bits per heavy atom. The maximum Gasteiger partial charge on any atom is 0.290 e. The van der Waals surface area contributed by atoms with Crippen molar-refractivity contribution in [3.8, 4) is 0 Å². The lowest BCUT2D eigenvalue weighted by atomic mass is 10.0. The second-order valence-corrected chi connectivity index (χ2v) is 7.64. The van der Waals surface area contributed by atoms with E-state index in [4.69, 9.17) is 16.0 Å². The Morgan fingerprint density at radius 2 is 1.80 bits per heavy atom. The van der Waals surface area contributed by atoms with E-state index in [1.807, 2.05) is 42.5 Å². The summed E-state index contributed by atoms with van der Waals surface area (Å²) < 4.78 is 5.91. The van der Waals surface area contributed by atoms with Gasteiger partial charge < -0.3 is 9.32 Å². The van der Waals surface area contributed by atoms with Crippen LogP contribution in [0.25, 0.3) is 11.0 Å². The topological polar surface area (TPSA) is 63.4 Å². The third-order valence-corrected chi connectivity index (χ3v) is 5.61. The van der Waals surface area contributed by atoms with Crippen molar-refractivity contribution in [3.05, 3.63) is 111 Å². The maximum atomic E-state index is 13.4. The molecule has 30 heavy (non-hydrogen) atoms. The molecule has 0 saturated carbocycles. The summed E-state index contributed by atoms with van der Waals surface area (Å²) in [6.07, 6.45) is 2.32. The second-order valence-electron chi connectivity index (χ2n) is 7.21. The van der Waals surface area contributed by atoms with Gasteiger partial charge in [0.2, 0.25) is 5.76 Å². The average molecular weight is 417 g/mol. The minimum absolute atomic E-state index is 0.0820. The molecule has 6 heteroatoms. The van der Waals surface area contributed by atoms with E-state index in [-0.39, 0.29) is 17.1 Å². The Kier molecular flexibility index (Phi) is 4.60. The van der Waals surface area contributed by atoms with Gasteiger partial charge in [-0.05, 0) is 42.3 Å². The quantitative estimate of drug-likeness (QED) is 0.486. The average Bonchev–Trinajstić information content (AvgIpc) is 3.06. The molecule has 0 radical (unpaired) electrons. The van der Waals surface area contributed by atoms with Crippen LogP contribution in [-0.4, -0.2) is 22.3 Å². The van der Waals surface area contributed by atoms with Crippen molar-refractivity contribution < 1.29 is 9.21 Å². The predicted molar refractivity (Wildman–Crippen MR) is 115 cm³/mol. The molecule has 1 atom stereocenters. The minimum Gasteiger partial charge on any atom is -0.450 e. The van der Waals surface area contributed by atoms with Gasteiger partial charge in [-0.25, -0.2) is 0 Å². The molecule has 1 amide bonds. The Bertz CT molecular complexity index is 1300. The first-order valence-corrected chi connectivity index (χ1v) is 10.0. The number of halogens is 1. The molecule has 0 N–H and O–H groups in total. The summed E-state index contributed by atoms with van der Waals surface area (Å²) in [5, 5.41) is 0.800. The maximum absolute atomic E-state index is 13.4. The van der Waals surface area contributed by atoms with Crippen LogP contribution < -0.4 is 5.43 Å². The number of fused-ring (bicyclic) bond motifs is 2. The number of rotatable bonds is 4. The van der Waals surface area contributed by atoms with Crippen LogP contribution in [-0.2, 0) is 6.42 Å². The lowest BCUT2D eigenvalue weighted by Gasteiger charge is -2.24. The summed E-state index contributed by atoms with van der Waals surface area (Å²) in [6, 6.07) is 19.6. The number of carbonyl (C=O) groups is 1. The normalized spacial score (nSPS) is 15.6. The summed E-state index contributed by atoms with van der Waals surface area (Å²) >= 11 is 6.10. The SMILES string of the molecule is O=C1c2oc3ccc(Cl)cc3c(=O)c2[C@H](c2ccccn2)N1CCc1ccccc1. The molecule has 0 aliphatic carbocycles. The van der Waals surface area contributed by atoms with E-state index < -0.39 is 6.04 Å². The van der Waals surface area contributed by atoms with Gasteiger partial charge in [-0.3, -0.25) is 14.6 Å². The van der Waals surface area contributed by atoms with Crippen molar-refractivity contribution in [2.24, 2.45) is 0 Å². The molecule has 3 heterocycles. The van der Waals surface area contributed by atoms with Gasteiger partial charge in [0, 0.05) is 17.8 Å². The second kappa shape index (κ2) is 7.43. The fraction of sp³-hybridized carbons (Fsp3) is 0.125. The highest BCUT2D eigenvalue weighted by Gasteiger charge is 2.43. The van der Waals surface area contributed by atoms with Crippen molar-refractivity contribution in [3.63, 3.8) is 0 Å². The molecule has 0 bridgehead atoms. The van der Waals surface area contributed by atoms with E-state index >= 15 is 0 Å². The van der Waals surface area contributed by atoms with Gasteiger partial charge in [0.25, 0.3) is 5.91 Å². The highest BCUT2D eigenvalue weighted by molar-refractivity contribution is 6.31. The van der Waals surface area contributed by atoms with Crippen LogP contribution >= 0.6 is 11.6 Å². The molecular formula is C24H17ClN2O3. The van der Waals surface area contributed by atoms with E-state index in [1.165, 1.54) is 0 Å². The molecule has 0 saturated heterocycles. The molecule has 2 aromatic carbocycles. The van der Waals surface area contributed by atoms with Gasteiger partial charge in [-0.15, -0.1) is 0 Å². The first-order chi connectivity index (χ1) is 14.6. The van der Waals surface area contributed by atoms with Gasteiger partial charge in [0.1, 0.15) is 11.6 Å². The van der Waals surface area contributed by atoms with Crippen molar-refractivity contribution in [1.29, 1.82) is 0 Å². The van der Waals surface area contributed by atoms with Crippen molar-refractivity contribution in [1.82, 2.24) is 9.88 Å². The third-order valence-electron chi connectivity index (χ3n) is 5.38. The molecule has 1 aliphatic heterocycles. The Balaban J connectivity index is 1.65. The van der Waals surface area contributed by atoms with E-state index in [9.17, 15) is 9.59 Å². The summed E-state index contributed by atoms with van der Waals surface area (Å²) in [4.78, 5) is 32.8. The number of pyridine rings is 1. The number of hydrogen-bond donors (Lipinski definition) is 0. The molecule has 0 unspecified atom stereocenters. The van der Waals surface area contributed by atoms with Gasteiger partial charge in [-0.1, -0.05) is 48.0 Å². The van der Waals surface area contributed by atoms with E-state index in [0.717, 1.165) is 5.56 Å². The largest absolute Gasteiger partial charge is 0.450 e. The Morgan fingerprint density at radius 3 is 2.57 bits per heavy atom. The summed E-state index contributed by atoms with van der Waals surface area (Å²) in [7, 11) is 0. The molecule has 148 valence electrons. The smallest absolute Gasteiger partial charge is 0.290 e. The van der Waals surface area contributed by atoms with Gasteiger partial charge in [-0.2, -0.15) is 0 Å². The molecule has 2 aromatic heterocycles. The number of benzene rings is 2. The van der Waals surface area contributed by atoms with Crippen LogP contribution in [0.5, 0.6) is 0 Å². The first-order valence-electron chi connectivity index (χ1n) is 9.65. The van der Waals surface area contributed by atoms with Crippen LogP contribution in [0, 0.1) is 0 Å². The standard InChI is InChI=1S/C24H17ClN2O3/c25-16-9-10-19-17(14-16)22(28)20-21(18-8-4-5-12-26-18)27(24(29)23(20)30-19)13-11-15-6-2-1-3-7-15/h1-10,12,14,21H,11,13H2/t21-/m0/s1. The Labute approximate surface area is 177 Å². The summed E-state index contributed by atoms with van der Waals surface area (Å²) in [5.41, 5.74) is 2.16. The van der Waals surface area contributed by atoms with Crippen LogP contribution in [0.4, 0.5) is 0 Å². The van der Waals surface area contributed by atoms with Crippen molar-refractivity contribution >= 4 is 28.5 Å². The van der Waals surface area contributed by atoms with Crippen molar-refractivity contribution in [2.45, 2.75) is 12.5 Å². The molecule has 0 fully saturated rings. The number of amides is 1. The highest BCUT2D eigenvalue weighted by Crippen LogP contribution is 2.37. The zero-order chi connectivity index (χ0) is 20.7. The van der Waals surface area contributed by atoms with Crippen LogP contribution in [0.2, 0.25) is 5.02 Å². The van der Waals surface area contributed by atoms with E-state index in [1.54, 1.807) is 35.4 Å². The molecule has 5 nitrogen and oxygen atoms in total. The van der Waals surface area contributed by atoms with E-state index in [0.29, 0.717) is 40.2 Å². The molecule has 1 aliphatic rings. The number of nitrogens with zero attached hydrogens (tertiary/aromatic N) is 2. The Hall–Kier alpha value is -3.44. The van der Waals surface area contributed by atoms with Gasteiger partial charge >= 0.3 is 0 Å². The van der Waals surface area contributed by atoms with Crippen LogP contribution in [0.3, 0.4) is 0 Å². The van der Waals surface area contributed by atoms with E-state index in [2.05, 4.69) is 4.98 Å². The highest BCUT2D eigenvalue weighted by atomic mass is 35.5. The number of carbonyl (C=O) groups excluding carboxylic acids is 1. The fourth-order valence-electron chi connectivity index (χ4n) is 3.96. The predicted octanol–water partition coefficient (Wildman–Crippen LogP) is 4.63. The lowest BCUT2D eigenvalue weighted by Crippen LogP contribution is -2.32. The van der Waals surface area contributed by atoms with Crippen molar-refractivity contribution in [2.75, 3.05) is 6.54 Å². The third kappa shape index (κ3) is 3.08. The number of aromatic nitrogens is 1. The lowest BCUT2D eigenvalue weighted by molar-refractivity contribution is 0.0727. The van der Waals surface area contributed by atoms with Gasteiger partial charge in [0.15, 0.2) is 5.43 Å². The van der Waals surface area contributed by atoms with Crippen LogP contribution in [0.15, 0.2) is 82.1 Å². The first kappa shape index (κ1) is 18.6. The molecule has 0 spiro atoms. The minimum atomic E-state index is -0.600. The zero-order valence-electron chi connectivity index (χ0n) is 15.9. The zero-order valence-corrected chi connectivity index (χ0v) is 16.7. The molecular weight excluding hydrogens is 400 g/mol. The fourth-order valence-corrected chi connectivity index (χ4v) is 4.13. The molecule has 5 rings (SSSR count). The summed E-state index contributed by atoms with van der Waals surface area (Å²) in [5.74, 6) is -0.218. The van der Waals surface area contributed by atoms with Gasteiger partial charge in [0.05, 0.1) is 16.6 Å². The summed E-state index contributed by atoms with van der Waals surface area (Å²) in [6.45, 7) is 0.435.